The lowest BCUT2D eigenvalue weighted by Gasteiger charge is -2.39. The molecule has 3 aromatic rings. The molecule has 2 aromatic heterocycles. The zero-order valence-electron chi connectivity index (χ0n) is 20.3. The maximum atomic E-state index is 12.5. The molecule has 182 valence electrons. The van der Waals surface area contributed by atoms with Crippen LogP contribution in [0.2, 0.25) is 0 Å². The van der Waals surface area contributed by atoms with Crippen LogP contribution in [0, 0.1) is 0 Å². The van der Waals surface area contributed by atoms with Crippen molar-refractivity contribution in [2.75, 3.05) is 43.4 Å². The highest BCUT2D eigenvalue weighted by molar-refractivity contribution is 5.80. The smallest absolute Gasteiger partial charge is 0.227 e. The number of Topliss-reactive ketones (excluding diaryl/α,β-unsaturated/α-hetero) is 1. The molecule has 35 heavy (non-hydrogen) atoms. The Labute approximate surface area is 206 Å². The Morgan fingerprint density at radius 3 is 2.83 bits per heavy atom. The van der Waals surface area contributed by atoms with Crippen molar-refractivity contribution in [1.82, 2.24) is 24.8 Å². The highest BCUT2D eigenvalue weighted by atomic mass is 16.1. The fourth-order valence-corrected chi connectivity index (χ4v) is 4.78. The third-order valence-corrected chi connectivity index (χ3v) is 6.72. The average Bonchev–Trinajstić information content (AvgIpc) is 2.86. The lowest BCUT2D eigenvalue weighted by atomic mass is 10.1. The Hall–Kier alpha value is -3.36. The van der Waals surface area contributed by atoms with Crippen LogP contribution in [0.5, 0.6) is 0 Å². The van der Waals surface area contributed by atoms with Crippen molar-refractivity contribution in [1.29, 1.82) is 0 Å². The number of piperazine rings is 1. The van der Waals surface area contributed by atoms with Crippen LogP contribution >= 0.6 is 0 Å². The number of rotatable bonds is 0. The number of hydrogen-bond acceptors (Lipinski definition) is 8. The summed E-state index contributed by atoms with van der Waals surface area (Å²) in [7, 11) is 0. The van der Waals surface area contributed by atoms with E-state index < -0.39 is 0 Å². The lowest BCUT2D eigenvalue weighted by Crippen LogP contribution is -2.52. The van der Waals surface area contributed by atoms with Crippen LogP contribution in [-0.4, -0.2) is 69.3 Å². The lowest BCUT2D eigenvalue weighted by molar-refractivity contribution is -0.121. The quantitative estimate of drug-likeness (QED) is 0.510. The van der Waals surface area contributed by atoms with Crippen LogP contribution in [0.25, 0.3) is 11.3 Å². The van der Waals surface area contributed by atoms with E-state index in [9.17, 15) is 4.79 Å². The van der Waals surface area contributed by atoms with Gasteiger partial charge in [-0.05, 0) is 55.7 Å². The molecule has 8 bridgehead atoms. The molecule has 1 aromatic carbocycles. The Balaban J connectivity index is 1.37. The molecule has 1 fully saturated rings. The van der Waals surface area contributed by atoms with E-state index in [0.29, 0.717) is 30.7 Å². The molecule has 5 aliphatic rings. The molecule has 8 rings (SSSR count). The molecule has 0 amide bonds. The minimum Gasteiger partial charge on any atom is -0.370 e. The van der Waals surface area contributed by atoms with E-state index in [1.807, 2.05) is 30.5 Å². The highest BCUT2D eigenvalue weighted by Gasteiger charge is 2.24. The van der Waals surface area contributed by atoms with Gasteiger partial charge in [-0.25, -0.2) is 15.0 Å². The average molecular weight is 472 g/mol. The number of anilines is 3. The summed E-state index contributed by atoms with van der Waals surface area (Å²) in [5.74, 6) is 1.73. The van der Waals surface area contributed by atoms with Crippen molar-refractivity contribution < 1.29 is 4.79 Å². The fourth-order valence-electron chi connectivity index (χ4n) is 4.78. The Kier molecular flexibility index (Phi) is 7.30. The van der Waals surface area contributed by atoms with Gasteiger partial charge < -0.3 is 10.6 Å². The van der Waals surface area contributed by atoms with Gasteiger partial charge in [0.1, 0.15) is 11.6 Å². The van der Waals surface area contributed by atoms with Gasteiger partial charge in [-0.1, -0.05) is 12.1 Å². The van der Waals surface area contributed by atoms with Crippen LogP contribution in [0.15, 0.2) is 54.9 Å². The molecule has 3 atom stereocenters. The highest BCUT2D eigenvalue weighted by Crippen LogP contribution is 2.22. The third kappa shape index (κ3) is 6.21. The summed E-state index contributed by atoms with van der Waals surface area (Å²) in [5, 5.41) is 6.71. The molecule has 0 radical (unpaired) electrons. The van der Waals surface area contributed by atoms with Gasteiger partial charge >= 0.3 is 0 Å². The number of carbonyl (C=O) groups excluding carboxylic acids is 1. The number of aromatic nitrogens is 3. The first kappa shape index (κ1) is 23.4. The predicted molar refractivity (Wildman–Crippen MR) is 139 cm³/mol. The van der Waals surface area contributed by atoms with Crippen molar-refractivity contribution in [3.05, 3.63) is 60.4 Å². The standard InChI is InChI=1S/C27H33N7O/c1-20-17-33-13-14-34(20)18-21-5-4-6-23(15-21)31-27-29-12-10-25(32-27)22-8-9-26(30-16-22)28-11-3-2-7-24(35)19-33/h4-6,8-10,12,15-16,20H,2-3,7,11,13-14,17-19H2,1H3,(H,28,30)(H,29,31,32). The third-order valence-electron chi connectivity index (χ3n) is 6.72. The number of ketones is 1. The molecule has 0 saturated carbocycles. The molecule has 5 aliphatic heterocycles. The number of nitrogens with one attached hydrogen (secondary N) is 2. The SMILES string of the molecule is CC1CN2CCN1Cc1cccc(c1)Nc1nccc(n1)-c1ccc(nc1)NCCCCC(=O)C2. The van der Waals surface area contributed by atoms with E-state index in [1.165, 1.54) is 5.56 Å². The molecule has 0 aliphatic carbocycles. The van der Waals surface area contributed by atoms with Crippen molar-refractivity contribution in [3.63, 3.8) is 0 Å². The zero-order valence-corrected chi connectivity index (χ0v) is 20.3. The summed E-state index contributed by atoms with van der Waals surface area (Å²) in [6.07, 6.45) is 6.07. The van der Waals surface area contributed by atoms with E-state index in [2.05, 4.69) is 55.5 Å². The first-order valence-corrected chi connectivity index (χ1v) is 12.5. The van der Waals surface area contributed by atoms with Crippen molar-refractivity contribution in [2.45, 2.75) is 38.8 Å². The van der Waals surface area contributed by atoms with Crippen molar-refractivity contribution in [3.8, 4) is 11.3 Å². The van der Waals surface area contributed by atoms with E-state index in [-0.39, 0.29) is 0 Å². The van der Waals surface area contributed by atoms with Crippen LogP contribution < -0.4 is 10.6 Å². The van der Waals surface area contributed by atoms with Gasteiger partial charge in [0.05, 0.1) is 12.2 Å². The number of carbonyl (C=O) groups is 1. The molecule has 0 spiro atoms. The number of nitrogens with zero attached hydrogens (tertiary/aromatic N) is 5. The molecule has 8 heteroatoms. The number of benzene rings is 1. The van der Waals surface area contributed by atoms with Crippen LogP contribution in [-0.2, 0) is 11.3 Å². The van der Waals surface area contributed by atoms with Gasteiger partial charge in [0.15, 0.2) is 0 Å². The van der Waals surface area contributed by atoms with Gasteiger partial charge in [-0.3, -0.25) is 14.6 Å². The minimum absolute atomic E-state index is 0.341. The molecular weight excluding hydrogens is 438 g/mol. The van der Waals surface area contributed by atoms with Gasteiger partial charge in [0.2, 0.25) is 5.95 Å². The summed E-state index contributed by atoms with van der Waals surface area (Å²) in [6, 6.07) is 14.7. The number of pyridine rings is 1. The second-order valence-electron chi connectivity index (χ2n) is 9.50. The van der Waals surface area contributed by atoms with Gasteiger partial charge in [0.25, 0.3) is 0 Å². The molecular formula is C27H33N7O. The Morgan fingerprint density at radius 2 is 1.97 bits per heavy atom. The van der Waals surface area contributed by atoms with Gasteiger partial charge in [-0.15, -0.1) is 0 Å². The minimum atomic E-state index is 0.341. The van der Waals surface area contributed by atoms with Crippen LogP contribution in [0.1, 0.15) is 31.7 Å². The molecule has 3 unspecified atom stereocenters. The molecule has 8 nitrogen and oxygen atoms in total. The van der Waals surface area contributed by atoms with E-state index in [0.717, 1.165) is 68.3 Å². The fraction of sp³-hybridized carbons (Fsp3) is 0.407. The molecule has 2 N–H and O–H groups in total. The summed E-state index contributed by atoms with van der Waals surface area (Å²) < 4.78 is 0. The largest absolute Gasteiger partial charge is 0.370 e. The second kappa shape index (κ2) is 10.9. The van der Waals surface area contributed by atoms with Gasteiger partial charge in [0, 0.05) is 68.8 Å². The van der Waals surface area contributed by atoms with E-state index in [1.54, 1.807) is 6.20 Å². The van der Waals surface area contributed by atoms with Crippen molar-refractivity contribution in [2.24, 2.45) is 0 Å². The van der Waals surface area contributed by atoms with Gasteiger partial charge in [-0.2, -0.15) is 0 Å². The Bertz CT molecular complexity index is 1150. The topological polar surface area (TPSA) is 86.3 Å². The summed E-state index contributed by atoms with van der Waals surface area (Å²) in [4.78, 5) is 31.0. The summed E-state index contributed by atoms with van der Waals surface area (Å²) in [5.41, 5.74) is 3.97. The van der Waals surface area contributed by atoms with E-state index >= 15 is 0 Å². The van der Waals surface area contributed by atoms with Crippen LogP contribution in [0.4, 0.5) is 17.5 Å². The first-order valence-electron chi connectivity index (χ1n) is 12.5. The molecule has 1 saturated heterocycles. The summed E-state index contributed by atoms with van der Waals surface area (Å²) in [6.45, 7) is 7.31. The number of hydrogen-bond donors (Lipinski definition) is 2. The summed E-state index contributed by atoms with van der Waals surface area (Å²) >= 11 is 0. The van der Waals surface area contributed by atoms with Crippen molar-refractivity contribution >= 4 is 23.2 Å². The maximum Gasteiger partial charge on any atom is 0.227 e. The second-order valence-corrected chi connectivity index (χ2v) is 9.50. The van der Waals surface area contributed by atoms with Crippen LogP contribution in [0.3, 0.4) is 0 Å². The Morgan fingerprint density at radius 1 is 1.03 bits per heavy atom. The zero-order chi connectivity index (χ0) is 24.0. The molecule has 7 heterocycles. The first-order chi connectivity index (χ1) is 17.1. The monoisotopic (exact) mass is 471 g/mol. The predicted octanol–water partition coefficient (Wildman–Crippen LogP) is 3.95. The van der Waals surface area contributed by atoms with E-state index in [4.69, 9.17) is 4.98 Å². The maximum absolute atomic E-state index is 12.5. The normalized spacial score (nSPS) is 23.3.